The summed E-state index contributed by atoms with van der Waals surface area (Å²) in [5, 5.41) is 9.03. The van der Waals surface area contributed by atoms with Gasteiger partial charge in [0, 0.05) is 17.7 Å². The minimum atomic E-state index is -1.19. The molecule has 0 unspecified atom stereocenters. The number of carbonyl (C=O) groups excluding carboxylic acids is 1. The predicted octanol–water partition coefficient (Wildman–Crippen LogP) is 3.44. The highest BCUT2D eigenvalue weighted by atomic mass is 16.6. The fraction of sp³-hybridized carbons (Fsp3) is 0.182. The Morgan fingerprint density at radius 3 is 2.34 bits per heavy atom. The van der Waals surface area contributed by atoms with Gasteiger partial charge in [-0.2, -0.15) is 0 Å². The zero-order chi connectivity index (χ0) is 20.0. The van der Waals surface area contributed by atoms with E-state index in [0.717, 1.165) is 16.7 Å². The van der Waals surface area contributed by atoms with Gasteiger partial charge in [0.2, 0.25) is 5.82 Å². The summed E-state index contributed by atoms with van der Waals surface area (Å²) in [5.41, 5.74) is 5.95. The van der Waals surface area contributed by atoms with Crippen LogP contribution in [0.4, 0.5) is 4.79 Å². The number of ether oxygens (including phenoxy) is 1. The summed E-state index contributed by atoms with van der Waals surface area (Å²) in [6, 6.07) is 16.3. The van der Waals surface area contributed by atoms with E-state index >= 15 is 0 Å². The van der Waals surface area contributed by atoms with Crippen LogP contribution in [0.1, 0.15) is 38.9 Å². The van der Waals surface area contributed by atoms with Crippen LogP contribution in [0.5, 0.6) is 0 Å². The molecule has 2 aliphatic rings. The monoisotopic (exact) mass is 387 g/mol. The molecule has 144 valence electrons. The number of carboxylic acid groups (broad SMARTS) is 1. The van der Waals surface area contributed by atoms with Crippen LogP contribution < -0.4 is 0 Å². The Morgan fingerprint density at radius 2 is 1.69 bits per heavy atom. The van der Waals surface area contributed by atoms with Gasteiger partial charge in [-0.05, 0) is 22.3 Å². The van der Waals surface area contributed by atoms with E-state index in [1.165, 1.54) is 22.2 Å². The van der Waals surface area contributed by atoms with Gasteiger partial charge in [0.25, 0.3) is 0 Å². The standard InChI is InChI=1S/C22H17N3O4/c26-21(27)20-23-9-13-10-25(11-19(13)24-20)22(28)29-12-18-16-7-3-1-5-14(16)15-6-2-4-8-17(15)18/h1-9,18H,10-12H2,(H,26,27). The van der Waals surface area contributed by atoms with Crippen molar-refractivity contribution in [1.82, 2.24) is 14.9 Å². The predicted molar refractivity (Wildman–Crippen MR) is 103 cm³/mol. The SMILES string of the molecule is O=C(O)c1ncc2c(n1)CN(C(=O)OCC1c3ccccc3-c3ccccc31)C2. The Hall–Kier alpha value is -3.74. The number of benzene rings is 2. The summed E-state index contributed by atoms with van der Waals surface area (Å²) in [5.74, 6) is -1.46. The van der Waals surface area contributed by atoms with Crippen molar-refractivity contribution in [3.63, 3.8) is 0 Å². The van der Waals surface area contributed by atoms with E-state index < -0.39 is 12.1 Å². The van der Waals surface area contributed by atoms with Crippen LogP contribution in [0.25, 0.3) is 11.1 Å². The van der Waals surface area contributed by atoms with Crippen molar-refractivity contribution in [3.8, 4) is 11.1 Å². The van der Waals surface area contributed by atoms with E-state index in [9.17, 15) is 9.59 Å². The molecular weight excluding hydrogens is 370 g/mol. The molecule has 0 saturated heterocycles. The lowest BCUT2D eigenvalue weighted by molar-refractivity contribution is 0.0683. The van der Waals surface area contributed by atoms with Crippen LogP contribution in [-0.2, 0) is 17.8 Å². The number of aromatic carboxylic acids is 1. The third-order valence-corrected chi connectivity index (χ3v) is 5.44. The Labute approximate surface area is 166 Å². The quantitative estimate of drug-likeness (QED) is 0.740. The van der Waals surface area contributed by atoms with Crippen LogP contribution in [0.15, 0.2) is 54.7 Å². The van der Waals surface area contributed by atoms with Crippen LogP contribution >= 0.6 is 0 Å². The lowest BCUT2D eigenvalue weighted by atomic mass is 9.98. The van der Waals surface area contributed by atoms with Gasteiger partial charge in [-0.3, -0.25) is 4.90 Å². The molecule has 1 amide bonds. The van der Waals surface area contributed by atoms with Crippen LogP contribution in [0.2, 0.25) is 0 Å². The summed E-state index contributed by atoms with van der Waals surface area (Å²) >= 11 is 0. The molecule has 1 aliphatic carbocycles. The first-order valence-corrected chi connectivity index (χ1v) is 9.30. The highest BCUT2D eigenvalue weighted by molar-refractivity contribution is 5.83. The van der Waals surface area contributed by atoms with Crippen molar-refractivity contribution in [1.29, 1.82) is 0 Å². The second-order valence-corrected chi connectivity index (χ2v) is 7.13. The minimum Gasteiger partial charge on any atom is -0.475 e. The molecule has 7 heteroatoms. The van der Waals surface area contributed by atoms with E-state index in [2.05, 4.69) is 34.2 Å². The van der Waals surface area contributed by atoms with Crippen LogP contribution in [-0.4, -0.2) is 38.6 Å². The summed E-state index contributed by atoms with van der Waals surface area (Å²) in [6.45, 7) is 0.770. The number of rotatable bonds is 3. The highest BCUT2D eigenvalue weighted by Gasteiger charge is 2.31. The molecule has 0 radical (unpaired) electrons. The van der Waals surface area contributed by atoms with E-state index in [1.807, 2.05) is 24.3 Å². The maximum Gasteiger partial charge on any atom is 0.410 e. The number of carbonyl (C=O) groups is 2. The fourth-order valence-electron chi connectivity index (χ4n) is 4.07. The van der Waals surface area contributed by atoms with Crippen molar-refractivity contribution in [2.24, 2.45) is 0 Å². The van der Waals surface area contributed by atoms with Gasteiger partial charge in [-0.15, -0.1) is 0 Å². The summed E-state index contributed by atoms with van der Waals surface area (Å²) in [7, 11) is 0. The van der Waals surface area contributed by atoms with Gasteiger partial charge in [-0.1, -0.05) is 48.5 Å². The lowest BCUT2D eigenvalue weighted by Gasteiger charge is -2.18. The zero-order valence-electron chi connectivity index (χ0n) is 15.4. The zero-order valence-corrected chi connectivity index (χ0v) is 15.4. The molecule has 0 fully saturated rings. The van der Waals surface area contributed by atoms with Crippen LogP contribution in [0, 0.1) is 0 Å². The number of hydrogen-bond donors (Lipinski definition) is 1. The Balaban J connectivity index is 1.31. The molecule has 1 aliphatic heterocycles. The Kier molecular flexibility index (Phi) is 4.01. The Morgan fingerprint density at radius 1 is 1.03 bits per heavy atom. The van der Waals surface area contributed by atoms with Gasteiger partial charge in [0.1, 0.15) is 6.61 Å². The topological polar surface area (TPSA) is 92.6 Å². The van der Waals surface area contributed by atoms with Gasteiger partial charge >= 0.3 is 12.1 Å². The lowest BCUT2D eigenvalue weighted by Crippen LogP contribution is -2.27. The molecule has 2 heterocycles. The number of aromatic nitrogens is 2. The van der Waals surface area contributed by atoms with Gasteiger partial charge < -0.3 is 9.84 Å². The molecule has 29 heavy (non-hydrogen) atoms. The number of amides is 1. The first kappa shape index (κ1) is 17.4. The first-order valence-electron chi connectivity index (χ1n) is 9.30. The second-order valence-electron chi connectivity index (χ2n) is 7.13. The molecule has 2 aromatic carbocycles. The number of nitrogens with zero attached hydrogens (tertiary/aromatic N) is 3. The fourth-order valence-corrected chi connectivity index (χ4v) is 4.07. The average Bonchev–Trinajstić information content (AvgIpc) is 3.31. The second kappa shape index (κ2) is 6.70. The summed E-state index contributed by atoms with van der Waals surface area (Å²) in [6.07, 6.45) is 1.02. The van der Waals surface area contributed by atoms with Crippen molar-refractivity contribution in [2.75, 3.05) is 6.61 Å². The molecule has 1 aromatic heterocycles. The van der Waals surface area contributed by atoms with Crippen LogP contribution in [0.3, 0.4) is 0 Å². The van der Waals surface area contributed by atoms with Gasteiger partial charge in [0.15, 0.2) is 0 Å². The van der Waals surface area contributed by atoms with E-state index in [0.29, 0.717) is 12.2 Å². The maximum atomic E-state index is 12.7. The Bertz CT molecular complexity index is 1100. The first-order chi connectivity index (χ1) is 14.1. The number of carboxylic acids is 1. The van der Waals surface area contributed by atoms with Gasteiger partial charge in [-0.25, -0.2) is 19.6 Å². The molecular formula is C22H17N3O4. The molecule has 0 spiro atoms. The normalized spacial score (nSPS) is 14.3. The smallest absolute Gasteiger partial charge is 0.410 e. The van der Waals surface area contributed by atoms with Crippen molar-refractivity contribution in [2.45, 2.75) is 19.0 Å². The third-order valence-electron chi connectivity index (χ3n) is 5.44. The van der Waals surface area contributed by atoms with Crippen molar-refractivity contribution in [3.05, 3.63) is 82.9 Å². The molecule has 0 bridgehead atoms. The molecule has 1 N–H and O–H groups in total. The molecule has 7 nitrogen and oxygen atoms in total. The van der Waals surface area contributed by atoms with E-state index in [4.69, 9.17) is 9.84 Å². The van der Waals surface area contributed by atoms with Gasteiger partial charge in [0.05, 0.1) is 18.8 Å². The molecule has 5 rings (SSSR count). The number of hydrogen-bond acceptors (Lipinski definition) is 5. The molecule has 0 atom stereocenters. The molecule has 3 aromatic rings. The average molecular weight is 387 g/mol. The number of fused-ring (bicyclic) bond motifs is 4. The highest BCUT2D eigenvalue weighted by Crippen LogP contribution is 2.44. The van der Waals surface area contributed by atoms with E-state index in [1.54, 1.807) is 0 Å². The third kappa shape index (κ3) is 2.91. The summed E-state index contributed by atoms with van der Waals surface area (Å²) < 4.78 is 5.65. The minimum absolute atomic E-state index is 0.00488. The van der Waals surface area contributed by atoms with Crippen molar-refractivity contribution >= 4 is 12.1 Å². The molecule has 0 saturated carbocycles. The summed E-state index contributed by atoms with van der Waals surface area (Å²) in [4.78, 5) is 33.0. The van der Waals surface area contributed by atoms with E-state index in [-0.39, 0.29) is 24.9 Å². The largest absolute Gasteiger partial charge is 0.475 e. The van der Waals surface area contributed by atoms with Crippen molar-refractivity contribution < 1.29 is 19.4 Å². The maximum absolute atomic E-state index is 12.7.